The van der Waals surface area contributed by atoms with Crippen LogP contribution in [0.15, 0.2) is 18.2 Å². The van der Waals surface area contributed by atoms with Crippen molar-refractivity contribution in [2.24, 2.45) is 23.2 Å². The van der Waals surface area contributed by atoms with Crippen molar-refractivity contribution in [1.82, 2.24) is 4.98 Å². The molecule has 1 heterocycles. The number of rotatable bonds is 3. The summed E-state index contributed by atoms with van der Waals surface area (Å²) in [7, 11) is 1.67. The fourth-order valence-electron chi connectivity index (χ4n) is 5.78. The molecule has 4 fully saturated rings. The molecule has 4 saturated carbocycles. The first kappa shape index (κ1) is 15.6. The maximum atomic E-state index is 13.2. The normalized spacial score (nSPS) is 33.4. The van der Waals surface area contributed by atoms with E-state index in [-0.39, 0.29) is 11.3 Å². The molecule has 0 unspecified atom stereocenters. The molecule has 0 spiro atoms. The topological polar surface area (TPSA) is 51.2 Å². The van der Waals surface area contributed by atoms with Crippen LogP contribution in [0.5, 0.6) is 5.75 Å². The molecule has 0 aliphatic heterocycles. The highest BCUT2D eigenvalue weighted by Crippen LogP contribution is 2.58. The van der Waals surface area contributed by atoms with Crippen molar-refractivity contribution < 1.29 is 9.53 Å². The first-order chi connectivity index (χ1) is 12.1. The van der Waals surface area contributed by atoms with Gasteiger partial charge in [0.2, 0.25) is 5.91 Å². The lowest BCUT2D eigenvalue weighted by atomic mass is 9.58. The zero-order chi connectivity index (χ0) is 17.0. The van der Waals surface area contributed by atoms with Crippen molar-refractivity contribution in [1.29, 1.82) is 0 Å². The van der Waals surface area contributed by atoms with Crippen LogP contribution in [0.1, 0.15) is 44.9 Å². The molecule has 5 heteroatoms. The number of hydrogen-bond donors (Lipinski definition) is 1. The van der Waals surface area contributed by atoms with Crippen molar-refractivity contribution in [3.05, 3.63) is 18.2 Å². The number of nitrogens with zero attached hydrogens (tertiary/aromatic N) is 1. The molecule has 1 aromatic carbocycles. The molecule has 4 bridgehead atoms. The molecule has 4 nitrogen and oxygen atoms in total. The maximum absolute atomic E-state index is 13.2. The van der Waals surface area contributed by atoms with Gasteiger partial charge in [-0.1, -0.05) is 24.2 Å². The van der Waals surface area contributed by atoms with Crippen LogP contribution in [0.4, 0.5) is 5.13 Å². The Balaban J connectivity index is 1.41. The van der Waals surface area contributed by atoms with Crippen molar-refractivity contribution >= 4 is 32.6 Å². The number of nitrogens with one attached hydrogen (secondary N) is 1. The van der Waals surface area contributed by atoms with E-state index in [1.165, 1.54) is 25.7 Å². The average Bonchev–Trinajstić information content (AvgIpc) is 2.87. The first-order valence-electron chi connectivity index (χ1n) is 9.39. The second-order valence-corrected chi connectivity index (χ2v) is 9.38. The quantitative estimate of drug-likeness (QED) is 0.855. The molecule has 1 N–H and O–H groups in total. The SMILES string of the molecule is COc1ccc2nc(NC(=O)C34CC5C[C@@H](CC[C@H](C5)C3)C4)sc2c1. The standard InChI is InChI=1S/C20H24N2O2S/c1-24-15-4-5-16-17(8-15)25-19(21-16)22-18(23)20-9-12-2-3-13(10-20)7-14(6-12)11-20/h4-5,8,12-14H,2-3,6-7,9-11H2,1H3,(H,21,22,23)/t12-,13-,14?,20?/m1/s1. The van der Waals surface area contributed by atoms with Crippen LogP contribution >= 0.6 is 11.3 Å². The average molecular weight is 356 g/mol. The summed E-state index contributed by atoms with van der Waals surface area (Å²) in [5.74, 6) is 3.34. The van der Waals surface area contributed by atoms with Gasteiger partial charge in [0.05, 0.1) is 22.7 Å². The van der Waals surface area contributed by atoms with E-state index in [0.29, 0.717) is 0 Å². The summed E-state index contributed by atoms with van der Waals surface area (Å²) in [4.78, 5) is 17.9. The van der Waals surface area contributed by atoms with E-state index in [0.717, 1.165) is 58.1 Å². The minimum Gasteiger partial charge on any atom is -0.497 e. The van der Waals surface area contributed by atoms with Gasteiger partial charge < -0.3 is 10.1 Å². The summed E-state index contributed by atoms with van der Waals surface area (Å²) in [5, 5.41) is 3.91. The fraction of sp³-hybridized carbons (Fsp3) is 0.600. The largest absolute Gasteiger partial charge is 0.497 e. The molecule has 0 radical (unpaired) electrons. The molecule has 132 valence electrons. The number of carbonyl (C=O) groups is 1. The van der Waals surface area contributed by atoms with Crippen LogP contribution in [-0.2, 0) is 4.79 Å². The number of ether oxygens (including phenoxy) is 1. The minimum absolute atomic E-state index is 0.136. The Morgan fingerprint density at radius 3 is 2.64 bits per heavy atom. The second kappa shape index (κ2) is 5.70. The molecule has 4 aliphatic carbocycles. The van der Waals surface area contributed by atoms with Crippen molar-refractivity contribution in [2.45, 2.75) is 44.9 Å². The van der Waals surface area contributed by atoms with Crippen molar-refractivity contribution in [3.8, 4) is 5.75 Å². The second-order valence-electron chi connectivity index (χ2n) is 8.35. The highest BCUT2D eigenvalue weighted by Gasteiger charge is 2.52. The molecule has 6 rings (SSSR count). The number of carbonyl (C=O) groups excluding carboxylic acids is 1. The zero-order valence-corrected chi connectivity index (χ0v) is 15.4. The minimum atomic E-state index is -0.136. The zero-order valence-electron chi connectivity index (χ0n) is 14.6. The smallest absolute Gasteiger partial charge is 0.232 e. The number of fused-ring (bicyclic) bond motifs is 2. The van der Waals surface area contributed by atoms with Gasteiger partial charge in [0.1, 0.15) is 5.75 Å². The third kappa shape index (κ3) is 2.64. The number of aromatic nitrogens is 1. The van der Waals surface area contributed by atoms with E-state index in [9.17, 15) is 4.79 Å². The summed E-state index contributed by atoms with van der Waals surface area (Å²) in [5.41, 5.74) is 0.784. The fourth-order valence-corrected chi connectivity index (χ4v) is 6.67. The van der Waals surface area contributed by atoms with Gasteiger partial charge in [-0.2, -0.15) is 0 Å². The van der Waals surface area contributed by atoms with E-state index < -0.39 is 0 Å². The molecule has 0 saturated heterocycles. The molecule has 2 aromatic rings. The molecular formula is C20H24N2O2S. The Kier molecular flexibility index (Phi) is 3.56. The Bertz CT molecular complexity index is 814. The summed E-state index contributed by atoms with van der Waals surface area (Å²) in [6.07, 6.45) is 8.63. The third-order valence-electron chi connectivity index (χ3n) is 6.65. The molecule has 1 aromatic heterocycles. The highest BCUT2D eigenvalue weighted by molar-refractivity contribution is 7.22. The van der Waals surface area contributed by atoms with Gasteiger partial charge in [0, 0.05) is 0 Å². The van der Waals surface area contributed by atoms with Gasteiger partial charge in [-0.25, -0.2) is 4.98 Å². The van der Waals surface area contributed by atoms with Gasteiger partial charge in [-0.15, -0.1) is 0 Å². The predicted octanol–water partition coefficient (Wildman–Crippen LogP) is 4.85. The third-order valence-corrected chi connectivity index (χ3v) is 7.59. The van der Waals surface area contributed by atoms with E-state index in [4.69, 9.17) is 4.74 Å². The van der Waals surface area contributed by atoms with Crippen LogP contribution in [-0.4, -0.2) is 18.0 Å². The van der Waals surface area contributed by atoms with Crippen LogP contribution in [0.2, 0.25) is 0 Å². The van der Waals surface area contributed by atoms with Gasteiger partial charge in [-0.3, -0.25) is 4.79 Å². The van der Waals surface area contributed by atoms with Crippen LogP contribution in [0.25, 0.3) is 10.2 Å². The van der Waals surface area contributed by atoms with Gasteiger partial charge >= 0.3 is 0 Å². The van der Waals surface area contributed by atoms with E-state index in [1.54, 1.807) is 18.4 Å². The summed E-state index contributed by atoms with van der Waals surface area (Å²) < 4.78 is 6.34. The van der Waals surface area contributed by atoms with Crippen molar-refractivity contribution in [3.63, 3.8) is 0 Å². The van der Waals surface area contributed by atoms with E-state index >= 15 is 0 Å². The number of benzene rings is 1. The van der Waals surface area contributed by atoms with E-state index in [2.05, 4.69) is 10.3 Å². The molecule has 25 heavy (non-hydrogen) atoms. The number of methoxy groups -OCH3 is 1. The lowest BCUT2D eigenvalue weighted by Crippen LogP contribution is -2.45. The molecular weight excluding hydrogens is 332 g/mol. The Labute approximate surface area is 152 Å². The number of thiazole rings is 1. The van der Waals surface area contributed by atoms with Crippen LogP contribution in [0, 0.1) is 23.2 Å². The van der Waals surface area contributed by atoms with Crippen molar-refractivity contribution in [2.75, 3.05) is 12.4 Å². The number of amides is 1. The van der Waals surface area contributed by atoms with Crippen LogP contribution < -0.4 is 10.1 Å². The summed E-state index contributed by atoms with van der Waals surface area (Å²) >= 11 is 1.54. The van der Waals surface area contributed by atoms with Crippen LogP contribution in [0.3, 0.4) is 0 Å². The number of anilines is 1. The molecule has 4 aliphatic rings. The maximum Gasteiger partial charge on any atom is 0.232 e. The Morgan fingerprint density at radius 1 is 1.20 bits per heavy atom. The van der Waals surface area contributed by atoms with Gasteiger partial charge in [0.15, 0.2) is 5.13 Å². The summed E-state index contributed by atoms with van der Waals surface area (Å²) in [6.45, 7) is 0. The van der Waals surface area contributed by atoms with Gasteiger partial charge in [0.25, 0.3) is 0 Å². The lowest BCUT2D eigenvalue weighted by Gasteiger charge is -2.46. The van der Waals surface area contributed by atoms with E-state index in [1.807, 2.05) is 18.2 Å². The summed E-state index contributed by atoms with van der Waals surface area (Å²) in [6, 6.07) is 5.85. The number of hydrogen-bond acceptors (Lipinski definition) is 4. The molecule has 2 atom stereocenters. The first-order valence-corrected chi connectivity index (χ1v) is 10.2. The predicted molar refractivity (Wildman–Crippen MR) is 100 cm³/mol. The lowest BCUT2D eigenvalue weighted by molar-refractivity contribution is -0.132. The Hall–Kier alpha value is -1.62. The molecule has 1 amide bonds. The monoisotopic (exact) mass is 356 g/mol. The highest BCUT2D eigenvalue weighted by atomic mass is 32.1. The van der Waals surface area contributed by atoms with Gasteiger partial charge in [-0.05, 0) is 68.1 Å². The Morgan fingerprint density at radius 2 is 1.92 bits per heavy atom.